The van der Waals surface area contributed by atoms with E-state index < -0.39 is 10.0 Å². The van der Waals surface area contributed by atoms with Crippen LogP contribution in [0.3, 0.4) is 0 Å². The van der Waals surface area contributed by atoms with Gasteiger partial charge in [0, 0.05) is 18.7 Å². The highest BCUT2D eigenvalue weighted by Crippen LogP contribution is 2.34. The van der Waals surface area contributed by atoms with Gasteiger partial charge in [-0.2, -0.15) is 4.31 Å². The maximum Gasteiger partial charge on any atom is 0.243 e. The second kappa shape index (κ2) is 7.51. The minimum atomic E-state index is -3.56. The topological polar surface area (TPSA) is 81.9 Å². The second-order valence-electron chi connectivity index (χ2n) is 5.74. The highest BCUT2D eigenvalue weighted by Gasteiger charge is 2.37. The number of ether oxygens (including phenoxy) is 2. The van der Waals surface area contributed by atoms with Gasteiger partial charge in [-0.15, -0.1) is 0 Å². The van der Waals surface area contributed by atoms with E-state index in [-0.39, 0.29) is 16.9 Å². The van der Waals surface area contributed by atoms with Crippen LogP contribution < -0.4 is 15.2 Å². The minimum Gasteiger partial charge on any atom is -0.490 e. The monoisotopic (exact) mass is 342 g/mol. The van der Waals surface area contributed by atoms with E-state index in [4.69, 9.17) is 15.2 Å². The van der Waals surface area contributed by atoms with Crippen LogP contribution in [0.2, 0.25) is 0 Å². The average molecular weight is 342 g/mol. The van der Waals surface area contributed by atoms with Crippen LogP contribution >= 0.6 is 0 Å². The predicted octanol–water partition coefficient (Wildman–Crippen LogP) is 1.84. The van der Waals surface area contributed by atoms with Gasteiger partial charge in [0.1, 0.15) is 0 Å². The molecule has 0 bridgehead atoms. The van der Waals surface area contributed by atoms with Crippen LogP contribution in [0.1, 0.15) is 27.2 Å². The molecule has 2 N–H and O–H groups in total. The lowest BCUT2D eigenvalue weighted by atomic mass is 10.1. The lowest BCUT2D eigenvalue weighted by Gasteiger charge is -2.22. The lowest BCUT2D eigenvalue weighted by Crippen LogP contribution is -2.34. The normalized spacial score (nSPS) is 22.3. The lowest BCUT2D eigenvalue weighted by molar-refractivity contribution is 0.287. The van der Waals surface area contributed by atoms with E-state index in [2.05, 4.69) is 0 Å². The van der Waals surface area contributed by atoms with Gasteiger partial charge >= 0.3 is 0 Å². The number of hydrogen-bond donors (Lipinski definition) is 1. The van der Waals surface area contributed by atoms with Gasteiger partial charge in [0.25, 0.3) is 0 Å². The molecule has 2 atom stereocenters. The van der Waals surface area contributed by atoms with Crippen molar-refractivity contribution in [3.8, 4) is 11.5 Å². The van der Waals surface area contributed by atoms with E-state index in [1.165, 1.54) is 4.31 Å². The van der Waals surface area contributed by atoms with Crippen LogP contribution in [-0.2, 0) is 10.0 Å². The Morgan fingerprint density at radius 1 is 1.22 bits per heavy atom. The first-order valence-corrected chi connectivity index (χ1v) is 9.49. The van der Waals surface area contributed by atoms with Crippen LogP contribution in [0.25, 0.3) is 0 Å². The Kier molecular flexibility index (Phi) is 5.89. The molecule has 1 aromatic carbocycles. The predicted molar refractivity (Wildman–Crippen MR) is 89.3 cm³/mol. The van der Waals surface area contributed by atoms with Crippen LogP contribution in [0, 0.1) is 5.92 Å². The van der Waals surface area contributed by atoms with Crippen molar-refractivity contribution in [3.63, 3.8) is 0 Å². The van der Waals surface area contributed by atoms with E-state index in [0.29, 0.717) is 37.8 Å². The van der Waals surface area contributed by atoms with Crippen LogP contribution in [0.4, 0.5) is 0 Å². The smallest absolute Gasteiger partial charge is 0.243 e. The number of sulfonamides is 1. The van der Waals surface area contributed by atoms with Crippen molar-refractivity contribution < 1.29 is 17.9 Å². The minimum absolute atomic E-state index is 0.0457. The van der Waals surface area contributed by atoms with E-state index >= 15 is 0 Å². The maximum absolute atomic E-state index is 12.9. The van der Waals surface area contributed by atoms with Gasteiger partial charge in [-0.05, 0) is 51.8 Å². The summed E-state index contributed by atoms with van der Waals surface area (Å²) in [6.45, 7) is 7.56. The van der Waals surface area contributed by atoms with E-state index in [1.807, 2.05) is 20.8 Å². The zero-order valence-corrected chi connectivity index (χ0v) is 14.8. The molecule has 7 heteroatoms. The summed E-state index contributed by atoms with van der Waals surface area (Å²) in [5.41, 5.74) is 5.70. The Morgan fingerprint density at radius 2 is 1.87 bits per heavy atom. The van der Waals surface area contributed by atoms with Gasteiger partial charge in [-0.1, -0.05) is 0 Å². The van der Waals surface area contributed by atoms with E-state index in [9.17, 15) is 8.42 Å². The molecule has 2 unspecified atom stereocenters. The molecule has 1 aromatic rings. The average Bonchev–Trinajstić information content (AvgIpc) is 2.91. The van der Waals surface area contributed by atoms with Crippen molar-refractivity contribution in [2.75, 3.05) is 26.3 Å². The molecule has 1 fully saturated rings. The fourth-order valence-corrected chi connectivity index (χ4v) is 4.68. The first kappa shape index (κ1) is 18.0. The van der Waals surface area contributed by atoms with Gasteiger partial charge in [0.15, 0.2) is 11.5 Å². The number of nitrogens with zero attached hydrogens (tertiary/aromatic N) is 1. The highest BCUT2D eigenvalue weighted by atomic mass is 32.2. The summed E-state index contributed by atoms with van der Waals surface area (Å²) in [6.07, 6.45) is 0.797. The van der Waals surface area contributed by atoms with E-state index in [1.54, 1.807) is 18.2 Å². The van der Waals surface area contributed by atoms with Crippen molar-refractivity contribution in [2.24, 2.45) is 11.7 Å². The molecule has 6 nitrogen and oxygen atoms in total. The summed E-state index contributed by atoms with van der Waals surface area (Å²) < 4.78 is 38.4. The Bertz CT molecular complexity index is 633. The third kappa shape index (κ3) is 3.79. The van der Waals surface area contributed by atoms with Crippen molar-refractivity contribution in [2.45, 2.75) is 38.1 Å². The quantitative estimate of drug-likeness (QED) is 0.818. The van der Waals surface area contributed by atoms with Crippen molar-refractivity contribution in [3.05, 3.63) is 18.2 Å². The first-order chi connectivity index (χ1) is 10.9. The molecule has 23 heavy (non-hydrogen) atoms. The molecule has 0 saturated carbocycles. The number of nitrogens with two attached hydrogens (primary N) is 1. The Labute approximate surface area is 138 Å². The molecule has 1 heterocycles. The van der Waals surface area contributed by atoms with Crippen LogP contribution in [0.15, 0.2) is 23.1 Å². The largest absolute Gasteiger partial charge is 0.490 e. The number of rotatable bonds is 7. The fraction of sp³-hybridized carbons (Fsp3) is 0.625. The Morgan fingerprint density at radius 3 is 2.43 bits per heavy atom. The molecule has 2 rings (SSSR count). The van der Waals surface area contributed by atoms with E-state index in [0.717, 1.165) is 6.42 Å². The van der Waals surface area contributed by atoms with Crippen molar-refractivity contribution >= 4 is 10.0 Å². The molecule has 1 saturated heterocycles. The molecule has 1 aliphatic rings. The molecular weight excluding hydrogens is 316 g/mol. The third-order valence-electron chi connectivity index (χ3n) is 4.06. The van der Waals surface area contributed by atoms with Gasteiger partial charge < -0.3 is 15.2 Å². The first-order valence-electron chi connectivity index (χ1n) is 8.05. The summed E-state index contributed by atoms with van der Waals surface area (Å²) >= 11 is 0. The third-order valence-corrected chi connectivity index (χ3v) is 6.04. The van der Waals surface area contributed by atoms with Gasteiger partial charge in [0.05, 0.1) is 18.1 Å². The molecule has 0 spiro atoms. The van der Waals surface area contributed by atoms with Crippen LogP contribution in [-0.4, -0.2) is 45.1 Å². The molecule has 0 aliphatic carbocycles. The van der Waals surface area contributed by atoms with Gasteiger partial charge in [0.2, 0.25) is 10.0 Å². The van der Waals surface area contributed by atoms with Crippen molar-refractivity contribution in [1.82, 2.24) is 4.31 Å². The maximum atomic E-state index is 12.9. The summed E-state index contributed by atoms with van der Waals surface area (Å²) in [5.74, 6) is 1.23. The summed E-state index contributed by atoms with van der Waals surface area (Å²) in [4.78, 5) is 0.230. The summed E-state index contributed by atoms with van der Waals surface area (Å²) in [5, 5.41) is 0. The van der Waals surface area contributed by atoms with Gasteiger partial charge in [-0.3, -0.25) is 0 Å². The van der Waals surface area contributed by atoms with Crippen LogP contribution in [0.5, 0.6) is 11.5 Å². The SMILES string of the molecule is CCOc1ccc(S(=O)(=O)N2CC(CN)CC2C)cc1OCC. The Hall–Kier alpha value is -1.31. The number of hydrogen-bond acceptors (Lipinski definition) is 5. The molecule has 0 aromatic heterocycles. The molecule has 1 aliphatic heterocycles. The molecular formula is C16H26N2O4S. The molecule has 0 amide bonds. The summed E-state index contributed by atoms with van der Waals surface area (Å²) in [6, 6.07) is 4.73. The zero-order chi connectivity index (χ0) is 17.0. The summed E-state index contributed by atoms with van der Waals surface area (Å²) in [7, 11) is -3.56. The Balaban J connectivity index is 2.34. The second-order valence-corrected chi connectivity index (χ2v) is 7.63. The standard InChI is InChI=1S/C16H26N2O4S/c1-4-21-15-7-6-14(9-16(15)22-5-2)23(19,20)18-11-13(10-17)8-12(18)3/h6-7,9,12-13H,4-5,8,10-11,17H2,1-3H3. The molecule has 0 radical (unpaired) electrons. The molecule has 130 valence electrons. The highest BCUT2D eigenvalue weighted by molar-refractivity contribution is 7.89. The number of benzene rings is 1. The van der Waals surface area contributed by atoms with Gasteiger partial charge in [-0.25, -0.2) is 8.42 Å². The zero-order valence-electron chi connectivity index (χ0n) is 14.0. The van der Waals surface area contributed by atoms with Crippen molar-refractivity contribution in [1.29, 1.82) is 0 Å². The fourth-order valence-electron chi connectivity index (χ4n) is 2.94.